The van der Waals surface area contributed by atoms with Crippen LogP contribution in [0.1, 0.15) is 19.4 Å². The number of nitrogens with one attached hydrogen (secondary N) is 1. The molecule has 1 aromatic carbocycles. The summed E-state index contributed by atoms with van der Waals surface area (Å²) in [4.78, 5) is 23.0. The Morgan fingerprint density at radius 2 is 2.00 bits per heavy atom. The first-order chi connectivity index (χ1) is 10.6. The van der Waals surface area contributed by atoms with Gasteiger partial charge in [-0.05, 0) is 18.6 Å². The highest BCUT2D eigenvalue weighted by molar-refractivity contribution is 5.69. The van der Waals surface area contributed by atoms with E-state index in [0.717, 1.165) is 5.56 Å². The maximum absolute atomic E-state index is 11.9. The third-order valence-corrected chi connectivity index (χ3v) is 3.22. The first kappa shape index (κ1) is 15.9. The number of carbonyl (C=O) groups is 2. The van der Waals surface area contributed by atoms with Crippen molar-refractivity contribution in [2.75, 3.05) is 0 Å². The van der Waals surface area contributed by atoms with E-state index >= 15 is 0 Å². The summed E-state index contributed by atoms with van der Waals surface area (Å²) < 4.78 is 15.6. The summed E-state index contributed by atoms with van der Waals surface area (Å²) in [5.74, 6) is -0.423. The summed E-state index contributed by atoms with van der Waals surface area (Å²) >= 11 is 0. The number of hydrogen-bond acceptors (Lipinski definition) is 5. The third kappa shape index (κ3) is 4.51. The van der Waals surface area contributed by atoms with Gasteiger partial charge in [0.05, 0.1) is 6.26 Å². The highest BCUT2D eigenvalue weighted by Crippen LogP contribution is 2.16. The fourth-order valence-corrected chi connectivity index (χ4v) is 2.12. The highest BCUT2D eigenvalue weighted by Gasteiger charge is 2.33. The molecule has 0 unspecified atom stereocenters. The van der Waals surface area contributed by atoms with Crippen molar-refractivity contribution in [3.63, 3.8) is 0 Å². The Morgan fingerprint density at radius 1 is 1.27 bits per heavy atom. The number of amides is 1. The van der Waals surface area contributed by atoms with E-state index in [2.05, 4.69) is 5.32 Å². The molecule has 2 rings (SSSR count). The number of ether oxygens (including phenoxy) is 3. The van der Waals surface area contributed by atoms with E-state index in [0.29, 0.717) is 0 Å². The van der Waals surface area contributed by atoms with E-state index in [-0.39, 0.29) is 12.7 Å². The summed E-state index contributed by atoms with van der Waals surface area (Å²) in [5.41, 5.74) is 0.891. The zero-order valence-electron chi connectivity index (χ0n) is 12.5. The highest BCUT2D eigenvalue weighted by atomic mass is 16.6. The van der Waals surface area contributed by atoms with E-state index < -0.39 is 24.2 Å². The van der Waals surface area contributed by atoms with Crippen LogP contribution in [0, 0.1) is 0 Å². The number of carbonyl (C=O) groups excluding carboxylic acids is 2. The summed E-state index contributed by atoms with van der Waals surface area (Å²) in [6.45, 7) is 3.27. The van der Waals surface area contributed by atoms with Gasteiger partial charge in [-0.1, -0.05) is 30.3 Å². The Balaban J connectivity index is 1.90. The smallest absolute Gasteiger partial charge is 0.407 e. The van der Waals surface area contributed by atoms with Gasteiger partial charge in [0.1, 0.15) is 24.9 Å². The third-order valence-electron chi connectivity index (χ3n) is 3.22. The van der Waals surface area contributed by atoms with Crippen LogP contribution in [-0.4, -0.2) is 30.3 Å². The molecule has 0 aliphatic carbocycles. The Morgan fingerprint density at radius 3 is 2.68 bits per heavy atom. The Hall–Kier alpha value is -2.50. The second-order valence-corrected chi connectivity index (χ2v) is 4.98. The molecule has 1 aliphatic heterocycles. The van der Waals surface area contributed by atoms with Gasteiger partial charge in [0.2, 0.25) is 0 Å². The molecule has 0 saturated carbocycles. The molecule has 1 heterocycles. The average molecular weight is 305 g/mol. The number of rotatable bonds is 4. The second kappa shape index (κ2) is 7.49. The van der Waals surface area contributed by atoms with E-state index in [1.807, 2.05) is 30.3 Å². The van der Waals surface area contributed by atoms with Crippen LogP contribution < -0.4 is 5.32 Å². The number of benzene rings is 1. The SMILES string of the molecule is CC(=O)O[C@@H]1C=CO[C@H](C)[C@@H]1NC(=O)OCc1ccccc1. The molecule has 0 radical (unpaired) electrons. The van der Waals surface area contributed by atoms with Crippen LogP contribution in [0.4, 0.5) is 4.79 Å². The van der Waals surface area contributed by atoms with E-state index in [1.165, 1.54) is 13.2 Å². The van der Waals surface area contributed by atoms with Crippen LogP contribution in [0.25, 0.3) is 0 Å². The number of esters is 1. The fraction of sp³-hybridized carbons (Fsp3) is 0.375. The summed E-state index contributed by atoms with van der Waals surface area (Å²) in [6.07, 6.45) is 1.55. The summed E-state index contributed by atoms with van der Waals surface area (Å²) in [5, 5.41) is 2.68. The zero-order valence-corrected chi connectivity index (χ0v) is 12.5. The maximum Gasteiger partial charge on any atom is 0.407 e. The molecule has 1 aromatic rings. The lowest BCUT2D eigenvalue weighted by molar-refractivity contribution is -0.147. The monoisotopic (exact) mass is 305 g/mol. The van der Waals surface area contributed by atoms with Gasteiger partial charge in [0.15, 0.2) is 0 Å². The van der Waals surface area contributed by atoms with Crippen molar-refractivity contribution < 1.29 is 23.8 Å². The minimum atomic E-state index is -0.586. The predicted octanol–water partition coefficient (Wildman–Crippen LogP) is 2.15. The van der Waals surface area contributed by atoms with Gasteiger partial charge in [-0.3, -0.25) is 4.79 Å². The van der Waals surface area contributed by atoms with Crippen molar-refractivity contribution in [1.82, 2.24) is 5.32 Å². The van der Waals surface area contributed by atoms with Crippen molar-refractivity contribution in [2.24, 2.45) is 0 Å². The van der Waals surface area contributed by atoms with Crippen molar-refractivity contribution in [3.8, 4) is 0 Å². The quantitative estimate of drug-likeness (QED) is 0.863. The second-order valence-electron chi connectivity index (χ2n) is 4.98. The van der Waals surface area contributed by atoms with Gasteiger partial charge in [0.25, 0.3) is 0 Å². The first-order valence-electron chi connectivity index (χ1n) is 7.03. The Bertz CT molecular complexity index is 543. The van der Waals surface area contributed by atoms with Crippen LogP contribution in [0.5, 0.6) is 0 Å². The lowest BCUT2D eigenvalue weighted by Gasteiger charge is -2.32. The van der Waals surface area contributed by atoms with Crippen LogP contribution >= 0.6 is 0 Å². The lowest BCUT2D eigenvalue weighted by Crippen LogP contribution is -2.52. The molecule has 118 valence electrons. The van der Waals surface area contributed by atoms with Crippen molar-refractivity contribution in [1.29, 1.82) is 0 Å². The molecule has 0 saturated heterocycles. The molecule has 1 aliphatic rings. The number of hydrogen-bond donors (Lipinski definition) is 1. The normalized spacial score (nSPS) is 23.3. The van der Waals surface area contributed by atoms with Gasteiger partial charge >= 0.3 is 12.1 Å². The van der Waals surface area contributed by atoms with Gasteiger partial charge < -0.3 is 19.5 Å². The largest absolute Gasteiger partial charge is 0.496 e. The van der Waals surface area contributed by atoms with Crippen LogP contribution in [0.3, 0.4) is 0 Å². The molecule has 1 amide bonds. The van der Waals surface area contributed by atoms with Crippen LogP contribution in [0.15, 0.2) is 42.7 Å². The van der Waals surface area contributed by atoms with E-state index in [1.54, 1.807) is 13.0 Å². The molecule has 22 heavy (non-hydrogen) atoms. The van der Waals surface area contributed by atoms with E-state index in [4.69, 9.17) is 14.2 Å². The molecule has 0 bridgehead atoms. The average Bonchev–Trinajstić information content (AvgIpc) is 2.49. The van der Waals surface area contributed by atoms with Crippen LogP contribution in [-0.2, 0) is 25.6 Å². The van der Waals surface area contributed by atoms with Gasteiger partial charge in [-0.2, -0.15) is 0 Å². The molecule has 0 spiro atoms. The first-order valence-corrected chi connectivity index (χ1v) is 7.03. The van der Waals surface area contributed by atoms with Crippen molar-refractivity contribution in [2.45, 2.75) is 38.7 Å². The summed E-state index contributed by atoms with van der Waals surface area (Å²) in [6, 6.07) is 8.86. The molecular weight excluding hydrogens is 286 g/mol. The van der Waals surface area contributed by atoms with Gasteiger partial charge in [-0.25, -0.2) is 4.79 Å². The lowest BCUT2D eigenvalue weighted by atomic mass is 10.0. The molecule has 3 atom stereocenters. The number of alkyl carbamates (subject to hydrolysis) is 1. The molecule has 1 N–H and O–H groups in total. The van der Waals surface area contributed by atoms with Gasteiger partial charge in [-0.15, -0.1) is 0 Å². The molecule has 6 heteroatoms. The fourth-order valence-electron chi connectivity index (χ4n) is 2.12. The van der Waals surface area contributed by atoms with Gasteiger partial charge in [0, 0.05) is 6.92 Å². The summed E-state index contributed by atoms with van der Waals surface area (Å²) in [7, 11) is 0. The van der Waals surface area contributed by atoms with Crippen molar-refractivity contribution >= 4 is 12.1 Å². The molecular formula is C16H19NO5. The predicted molar refractivity (Wildman–Crippen MR) is 78.8 cm³/mol. The minimum Gasteiger partial charge on any atom is -0.496 e. The topological polar surface area (TPSA) is 73.9 Å². The minimum absolute atomic E-state index is 0.169. The Kier molecular flexibility index (Phi) is 5.41. The molecule has 0 aromatic heterocycles. The maximum atomic E-state index is 11.9. The molecule has 0 fully saturated rings. The molecule has 6 nitrogen and oxygen atoms in total. The van der Waals surface area contributed by atoms with E-state index in [9.17, 15) is 9.59 Å². The van der Waals surface area contributed by atoms with Crippen molar-refractivity contribution in [3.05, 3.63) is 48.2 Å². The zero-order chi connectivity index (χ0) is 15.9. The Labute approximate surface area is 129 Å². The van der Waals surface area contributed by atoms with Crippen LogP contribution in [0.2, 0.25) is 0 Å². The standard InChI is InChI=1S/C16H19NO5/c1-11-15(14(8-9-20-11)22-12(2)18)17-16(19)21-10-13-6-4-3-5-7-13/h3-9,11,14-15H,10H2,1-2H3,(H,17,19)/t11-,14-,15+/m1/s1.